The first-order valence-electron chi connectivity index (χ1n) is 6.82. The van der Waals surface area contributed by atoms with Crippen molar-refractivity contribution in [1.29, 1.82) is 0 Å². The third-order valence-corrected chi connectivity index (χ3v) is 3.71. The molecular formula is C16H14BrF3N2O. The average Bonchev–Trinajstić information content (AvgIpc) is 2.48. The third kappa shape index (κ3) is 5.28. The number of hydrogen-bond acceptors (Lipinski definition) is 2. The molecule has 0 atom stereocenters. The molecule has 2 N–H and O–H groups in total. The summed E-state index contributed by atoms with van der Waals surface area (Å²) in [6.45, 7) is 0.368. The Balaban J connectivity index is 1.87. The van der Waals surface area contributed by atoms with Gasteiger partial charge in [0.25, 0.3) is 0 Å². The van der Waals surface area contributed by atoms with Gasteiger partial charge in [0.15, 0.2) is 0 Å². The second kappa shape index (κ2) is 7.50. The maximum absolute atomic E-state index is 12.6. The van der Waals surface area contributed by atoms with E-state index in [2.05, 4.69) is 26.6 Å². The summed E-state index contributed by atoms with van der Waals surface area (Å²) in [6, 6.07) is 12.0. The fraction of sp³-hybridized carbons (Fsp3) is 0.188. The van der Waals surface area contributed by atoms with Crippen molar-refractivity contribution in [2.24, 2.45) is 0 Å². The highest BCUT2D eigenvalue weighted by atomic mass is 79.9. The fourth-order valence-corrected chi connectivity index (χ4v) is 2.34. The number of carbonyl (C=O) groups excluding carboxylic acids is 1. The van der Waals surface area contributed by atoms with Gasteiger partial charge in [0.2, 0.25) is 5.91 Å². The van der Waals surface area contributed by atoms with Gasteiger partial charge in [-0.2, -0.15) is 13.2 Å². The minimum atomic E-state index is -4.43. The summed E-state index contributed by atoms with van der Waals surface area (Å²) in [5.74, 6) is -0.358. The Morgan fingerprint density at radius 3 is 2.52 bits per heavy atom. The van der Waals surface area contributed by atoms with Crippen molar-refractivity contribution >= 4 is 33.2 Å². The van der Waals surface area contributed by atoms with E-state index < -0.39 is 11.7 Å². The molecule has 0 aliphatic heterocycles. The second-order valence-electron chi connectivity index (χ2n) is 4.78. The molecule has 0 saturated carbocycles. The van der Waals surface area contributed by atoms with Crippen molar-refractivity contribution in [2.45, 2.75) is 12.6 Å². The van der Waals surface area contributed by atoms with Crippen molar-refractivity contribution in [3.8, 4) is 0 Å². The maximum Gasteiger partial charge on any atom is 0.416 e. The molecule has 0 saturated heterocycles. The minimum absolute atomic E-state index is 0.130. The van der Waals surface area contributed by atoms with E-state index in [1.165, 1.54) is 12.1 Å². The smallest absolute Gasteiger partial charge is 0.384 e. The third-order valence-electron chi connectivity index (χ3n) is 3.02. The Bertz CT molecular complexity index is 689. The van der Waals surface area contributed by atoms with Gasteiger partial charge in [-0.3, -0.25) is 4.79 Å². The zero-order valence-corrected chi connectivity index (χ0v) is 13.5. The standard InChI is InChI=1S/C16H14BrF3N2O/c17-13-6-1-2-7-14(13)21-9-8-15(23)22-12-5-3-4-11(10-12)16(18,19)20/h1-7,10,21H,8-9H2,(H,22,23). The van der Waals surface area contributed by atoms with E-state index in [1.807, 2.05) is 24.3 Å². The summed E-state index contributed by atoms with van der Waals surface area (Å²) in [6.07, 6.45) is -4.29. The van der Waals surface area contributed by atoms with Gasteiger partial charge in [0.05, 0.1) is 5.56 Å². The van der Waals surface area contributed by atoms with Crippen LogP contribution in [0.4, 0.5) is 24.5 Å². The van der Waals surface area contributed by atoms with Gasteiger partial charge in [0, 0.05) is 28.8 Å². The zero-order valence-electron chi connectivity index (χ0n) is 12.0. The summed E-state index contributed by atoms with van der Waals surface area (Å²) in [5.41, 5.74) is 0.187. The summed E-state index contributed by atoms with van der Waals surface area (Å²) >= 11 is 3.37. The number of rotatable bonds is 5. The van der Waals surface area contributed by atoms with Gasteiger partial charge in [0.1, 0.15) is 0 Å². The molecule has 0 bridgehead atoms. The molecule has 23 heavy (non-hydrogen) atoms. The van der Waals surface area contributed by atoms with Gasteiger partial charge in [-0.05, 0) is 46.3 Å². The van der Waals surface area contributed by atoms with Crippen LogP contribution in [0, 0.1) is 0 Å². The molecule has 0 spiro atoms. The molecule has 0 aliphatic carbocycles. The van der Waals surface area contributed by atoms with Crippen LogP contribution >= 0.6 is 15.9 Å². The molecule has 7 heteroatoms. The molecular weight excluding hydrogens is 373 g/mol. The number of carbonyl (C=O) groups is 1. The van der Waals surface area contributed by atoms with Gasteiger partial charge < -0.3 is 10.6 Å². The molecule has 2 aromatic rings. The fourth-order valence-electron chi connectivity index (χ4n) is 1.91. The quantitative estimate of drug-likeness (QED) is 0.766. The number of para-hydroxylation sites is 1. The topological polar surface area (TPSA) is 41.1 Å². The van der Waals surface area contributed by atoms with E-state index in [4.69, 9.17) is 0 Å². The lowest BCUT2D eigenvalue weighted by Crippen LogP contribution is -2.17. The summed E-state index contributed by atoms with van der Waals surface area (Å²) < 4.78 is 38.7. The molecule has 0 aliphatic rings. The highest BCUT2D eigenvalue weighted by molar-refractivity contribution is 9.10. The van der Waals surface area contributed by atoms with E-state index in [0.717, 1.165) is 22.3 Å². The van der Waals surface area contributed by atoms with Crippen molar-refractivity contribution in [3.05, 3.63) is 58.6 Å². The Morgan fingerprint density at radius 2 is 1.83 bits per heavy atom. The molecule has 122 valence electrons. The van der Waals surface area contributed by atoms with Crippen molar-refractivity contribution in [2.75, 3.05) is 17.2 Å². The van der Waals surface area contributed by atoms with E-state index >= 15 is 0 Å². The van der Waals surface area contributed by atoms with Gasteiger partial charge in [-0.25, -0.2) is 0 Å². The van der Waals surface area contributed by atoms with Crippen LogP contribution in [0.25, 0.3) is 0 Å². The van der Waals surface area contributed by atoms with Gasteiger partial charge in [-0.15, -0.1) is 0 Å². The minimum Gasteiger partial charge on any atom is -0.384 e. The first-order valence-corrected chi connectivity index (χ1v) is 7.61. The number of amides is 1. The first-order chi connectivity index (χ1) is 10.9. The van der Waals surface area contributed by atoms with Gasteiger partial charge in [-0.1, -0.05) is 18.2 Å². The van der Waals surface area contributed by atoms with E-state index in [0.29, 0.717) is 6.54 Å². The van der Waals surface area contributed by atoms with Crippen LogP contribution in [0.5, 0.6) is 0 Å². The Hall–Kier alpha value is -2.02. The van der Waals surface area contributed by atoms with Crippen LogP contribution in [0.15, 0.2) is 53.0 Å². The van der Waals surface area contributed by atoms with Crippen molar-refractivity contribution in [3.63, 3.8) is 0 Å². The number of benzene rings is 2. The van der Waals surface area contributed by atoms with E-state index in [1.54, 1.807) is 0 Å². The molecule has 2 aromatic carbocycles. The van der Waals surface area contributed by atoms with Crippen LogP contribution in [0.1, 0.15) is 12.0 Å². The van der Waals surface area contributed by atoms with Crippen LogP contribution in [-0.4, -0.2) is 12.5 Å². The maximum atomic E-state index is 12.6. The molecule has 1 amide bonds. The Labute approximate surface area is 140 Å². The highest BCUT2D eigenvalue weighted by Gasteiger charge is 2.30. The molecule has 0 unspecified atom stereocenters. The second-order valence-corrected chi connectivity index (χ2v) is 5.64. The molecule has 0 fully saturated rings. The summed E-state index contributed by atoms with van der Waals surface area (Å²) in [4.78, 5) is 11.8. The van der Waals surface area contributed by atoms with E-state index in [9.17, 15) is 18.0 Å². The number of alkyl halides is 3. The SMILES string of the molecule is O=C(CCNc1ccccc1Br)Nc1cccc(C(F)(F)F)c1. The molecule has 0 radical (unpaired) electrons. The Morgan fingerprint density at radius 1 is 1.09 bits per heavy atom. The monoisotopic (exact) mass is 386 g/mol. The molecule has 0 heterocycles. The zero-order chi connectivity index (χ0) is 16.9. The summed E-state index contributed by atoms with van der Waals surface area (Å²) in [7, 11) is 0. The largest absolute Gasteiger partial charge is 0.416 e. The van der Waals surface area contributed by atoms with Crippen LogP contribution in [0.2, 0.25) is 0 Å². The lowest BCUT2D eigenvalue weighted by atomic mass is 10.2. The Kier molecular flexibility index (Phi) is 5.65. The van der Waals surface area contributed by atoms with Crippen molar-refractivity contribution < 1.29 is 18.0 Å². The molecule has 2 rings (SSSR count). The number of nitrogens with one attached hydrogen (secondary N) is 2. The average molecular weight is 387 g/mol. The van der Waals surface area contributed by atoms with Crippen LogP contribution in [0.3, 0.4) is 0 Å². The number of hydrogen-bond donors (Lipinski definition) is 2. The number of anilines is 2. The lowest BCUT2D eigenvalue weighted by Gasteiger charge is -2.11. The number of halogens is 4. The van der Waals surface area contributed by atoms with Crippen LogP contribution < -0.4 is 10.6 Å². The normalized spacial score (nSPS) is 11.1. The summed E-state index contributed by atoms with van der Waals surface area (Å²) in [5, 5.41) is 5.54. The van der Waals surface area contributed by atoms with Crippen LogP contribution in [-0.2, 0) is 11.0 Å². The van der Waals surface area contributed by atoms with Crippen molar-refractivity contribution in [1.82, 2.24) is 0 Å². The predicted octanol–water partition coefficient (Wildman–Crippen LogP) is 4.91. The molecule has 3 nitrogen and oxygen atoms in total. The predicted molar refractivity (Wildman–Crippen MR) is 87.3 cm³/mol. The highest BCUT2D eigenvalue weighted by Crippen LogP contribution is 2.30. The van der Waals surface area contributed by atoms with Gasteiger partial charge >= 0.3 is 6.18 Å². The molecule has 0 aromatic heterocycles. The van der Waals surface area contributed by atoms with E-state index in [-0.39, 0.29) is 18.0 Å². The lowest BCUT2D eigenvalue weighted by molar-refractivity contribution is -0.137. The first kappa shape index (κ1) is 17.3.